The Morgan fingerprint density at radius 3 is 2.19 bits per heavy atom. The highest BCUT2D eigenvalue weighted by Crippen LogP contribution is 2.06. The maximum absolute atomic E-state index is 4.23. The van der Waals surface area contributed by atoms with Crippen molar-refractivity contribution in [2.75, 3.05) is 32.7 Å². The number of rotatable bonds is 3. The second kappa shape index (κ2) is 5.37. The van der Waals surface area contributed by atoms with Crippen molar-refractivity contribution in [3.8, 4) is 0 Å². The first-order chi connectivity index (χ1) is 7.78. The molecule has 0 amide bonds. The predicted molar refractivity (Wildman–Crippen MR) is 64.2 cm³/mol. The second-order valence-electron chi connectivity index (χ2n) is 4.35. The molecule has 4 heteroatoms. The third-order valence-corrected chi connectivity index (χ3v) is 3.15. The monoisotopic (exact) mass is 220 g/mol. The van der Waals surface area contributed by atoms with Gasteiger partial charge in [-0.25, -0.2) is 9.97 Å². The second-order valence-corrected chi connectivity index (χ2v) is 4.35. The highest BCUT2D eigenvalue weighted by molar-refractivity contribution is 5.04. The number of piperazine rings is 1. The molecule has 0 saturated carbocycles. The molecule has 1 saturated heterocycles. The number of hydrogen-bond acceptors (Lipinski definition) is 4. The molecule has 1 fully saturated rings. The minimum atomic E-state index is 0.847. The van der Waals surface area contributed by atoms with Gasteiger partial charge in [-0.3, -0.25) is 4.90 Å². The molecule has 0 radical (unpaired) electrons. The van der Waals surface area contributed by atoms with Crippen LogP contribution in [-0.4, -0.2) is 52.5 Å². The van der Waals surface area contributed by atoms with Gasteiger partial charge in [-0.05, 0) is 13.5 Å². The molecule has 4 nitrogen and oxygen atoms in total. The van der Waals surface area contributed by atoms with Gasteiger partial charge in [-0.1, -0.05) is 6.92 Å². The van der Waals surface area contributed by atoms with E-state index in [0.29, 0.717) is 0 Å². The Morgan fingerprint density at radius 1 is 1.06 bits per heavy atom. The summed E-state index contributed by atoms with van der Waals surface area (Å²) in [4.78, 5) is 13.4. The van der Waals surface area contributed by atoms with Crippen LogP contribution < -0.4 is 0 Å². The average molecular weight is 220 g/mol. The van der Waals surface area contributed by atoms with Crippen molar-refractivity contribution in [2.24, 2.45) is 0 Å². The summed E-state index contributed by atoms with van der Waals surface area (Å²) in [7, 11) is 0. The SMILES string of the molecule is CCN1CCN(Cc2cnc(C)nc2)CC1. The van der Waals surface area contributed by atoms with Crippen molar-refractivity contribution in [3.05, 3.63) is 23.8 Å². The maximum Gasteiger partial charge on any atom is 0.125 e. The molecule has 88 valence electrons. The predicted octanol–water partition coefficient (Wildman–Crippen LogP) is 0.923. The molecule has 0 spiro atoms. The van der Waals surface area contributed by atoms with E-state index in [1.54, 1.807) is 0 Å². The Balaban J connectivity index is 1.84. The van der Waals surface area contributed by atoms with Crippen LogP contribution in [0.4, 0.5) is 0 Å². The molecule has 16 heavy (non-hydrogen) atoms. The molecular formula is C12H20N4. The van der Waals surface area contributed by atoms with Crippen LogP contribution in [-0.2, 0) is 6.54 Å². The molecule has 1 aliphatic rings. The van der Waals surface area contributed by atoms with Crippen LogP contribution in [0, 0.1) is 6.92 Å². The van der Waals surface area contributed by atoms with Crippen LogP contribution in [0.3, 0.4) is 0 Å². The first kappa shape index (κ1) is 11.5. The number of aromatic nitrogens is 2. The van der Waals surface area contributed by atoms with Crippen LogP contribution in [0.25, 0.3) is 0 Å². The molecule has 0 bridgehead atoms. The number of nitrogens with zero attached hydrogens (tertiary/aromatic N) is 4. The van der Waals surface area contributed by atoms with Crippen molar-refractivity contribution in [2.45, 2.75) is 20.4 Å². The molecule has 0 aromatic carbocycles. The van der Waals surface area contributed by atoms with E-state index in [1.165, 1.54) is 25.2 Å². The van der Waals surface area contributed by atoms with E-state index in [0.717, 1.165) is 25.5 Å². The lowest BCUT2D eigenvalue weighted by molar-refractivity contribution is 0.131. The molecule has 0 unspecified atom stereocenters. The van der Waals surface area contributed by atoms with Crippen LogP contribution in [0.15, 0.2) is 12.4 Å². The topological polar surface area (TPSA) is 32.3 Å². The van der Waals surface area contributed by atoms with Gasteiger partial charge in [0, 0.05) is 50.7 Å². The van der Waals surface area contributed by atoms with E-state index < -0.39 is 0 Å². The minimum absolute atomic E-state index is 0.847. The molecule has 2 rings (SSSR count). The van der Waals surface area contributed by atoms with E-state index in [4.69, 9.17) is 0 Å². The largest absolute Gasteiger partial charge is 0.301 e. The molecule has 0 aliphatic carbocycles. The van der Waals surface area contributed by atoms with Gasteiger partial charge in [-0.15, -0.1) is 0 Å². The smallest absolute Gasteiger partial charge is 0.125 e. The third kappa shape index (κ3) is 3.00. The number of likely N-dealkylation sites (N-methyl/N-ethyl adjacent to an activating group) is 1. The zero-order chi connectivity index (χ0) is 11.4. The van der Waals surface area contributed by atoms with Crippen molar-refractivity contribution in [3.63, 3.8) is 0 Å². The standard InChI is InChI=1S/C12H20N4/c1-3-15-4-6-16(7-5-15)10-12-8-13-11(2)14-9-12/h8-9H,3-7,10H2,1-2H3. The first-order valence-corrected chi connectivity index (χ1v) is 6.00. The Hall–Kier alpha value is -1.00. The lowest BCUT2D eigenvalue weighted by atomic mass is 10.2. The van der Waals surface area contributed by atoms with Gasteiger partial charge in [0.2, 0.25) is 0 Å². The number of hydrogen-bond donors (Lipinski definition) is 0. The van der Waals surface area contributed by atoms with Gasteiger partial charge in [0.25, 0.3) is 0 Å². The molecule has 2 heterocycles. The van der Waals surface area contributed by atoms with Crippen molar-refractivity contribution in [1.29, 1.82) is 0 Å². The molecule has 0 atom stereocenters. The number of aryl methyl sites for hydroxylation is 1. The molecule has 1 aliphatic heterocycles. The van der Waals surface area contributed by atoms with E-state index in [1.807, 2.05) is 19.3 Å². The summed E-state index contributed by atoms with van der Waals surface area (Å²) >= 11 is 0. The highest BCUT2D eigenvalue weighted by Gasteiger charge is 2.15. The van der Waals surface area contributed by atoms with Gasteiger partial charge < -0.3 is 4.90 Å². The minimum Gasteiger partial charge on any atom is -0.301 e. The quantitative estimate of drug-likeness (QED) is 0.758. The summed E-state index contributed by atoms with van der Waals surface area (Å²) in [5.41, 5.74) is 1.22. The summed E-state index contributed by atoms with van der Waals surface area (Å²) < 4.78 is 0. The van der Waals surface area contributed by atoms with Gasteiger partial charge in [-0.2, -0.15) is 0 Å². The zero-order valence-corrected chi connectivity index (χ0v) is 10.2. The molecule has 0 N–H and O–H groups in total. The summed E-state index contributed by atoms with van der Waals surface area (Å²) in [5, 5.41) is 0. The van der Waals surface area contributed by atoms with Crippen LogP contribution in [0.2, 0.25) is 0 Å². The molecule has 1 aromatic rings. The Labute approximate surface area is 97.3 Å². The average Bonchev–Trinajstić information content (AvgIpc) is 2.33. The van der Waals surface area contributed by atoms with Gasteiger partial charge in [0.05, 0.1) is 0 Å². The van der Waals surface area contributed by atoms with Crippen LogP contribution >= 0.6 is 0 Å². The van der Waals surface area contributed by atoms with Gasteiger partial charge >= 0.3 is 0 Å². The Kier molecular flexibility index (Phi) is 3.85. The Bertz CT molecular complexity index is 314. The van der Waals surface area contributed by atoms with E-state index >= 15 is 0 Å². The van der Waals surface area contributed by atoms with Crippen molar-refractivity contribution in [1.82, 2.24) is 19.8 Å². The maximum atomic E-state index is 4.23. The van der Waals surface area contributed by atoms with E-state index in [-0.39, 0.29) is 0 Å². The van der Waals surface area contributed by atoms with Crippen molar-refractivity contribution < 1.29 is 0 Å². The zero-order valence-electron chi connectivity index (χ0n) is 10.2. The summed E-state index contributed by atoms with van der Waals surface area (Å²) in [6, 6.07) is 0. The Morgan fingerprint density at radius 2 is 1.62 bits per heavy atom. The van der Waals surface area contributed by atoms with Gasteiger partial charge in [0.15, 0.2) is 0 Å². The fourth-order valence-corrected chi connectivity index (χ4v) is 2.02. The third-order valence-electron chi connectivity index (χ3n) is 3.15. The fourth-order valence-electron chi connectivity index (χ4n) is 2.02. The van der Waals surface area contributed by atoms with E-state index in [9.17, 15) is 0 Å². The van der Waals surface area contributed by atoms with Gasteiger partial charge in [0.1, 0.15) is 5.82 Å². The van der Waals surface area contributed by atoms with E-state index in [2.05, 4.69) is 26.7 Å². The summed E-state index contributed by atoms with van der Waals surface area (Å²) in [6.45, 7) is 11.0. The van der Waals surface area contributed by atoms with Crippen LogP contribution in [0.1, 0.15) is 18.3 Å². The normalized spacial score (nSPS) is 18.9. The van der Waals surface area contributed by atoms with Crippen LogP contribution in [0.5, 0.6) is 0 Å². The highest BCUT2D eigenvalue weighted by atomic mass is 15.3. The molecular weight excluding hydrogens is 200 g/mol. The van der Waals surface area contributed by atoms with Crippen molar-refractivity contribution >= 4 is 0 Å². The summed E-state index contributed by atoms with van der Waals surface area (Å²) in [5.74, 6) is 0.847. The fraction of sp³-hybridized carbons (Fsp3) is 0.667. The summed E-state index contributed by atoms with van der Waals surface area (Å²) in [6.07, 6.45) is 3.88. The lowest BCUT2D eigenvalue weighted by Crippen LogP contribution is -2.45. The lowest BCUT2D eigenvalue weighted by Gasteiger charge is -2.33. The first-order valence-electron chi connectivity index (χ1n) is 6.00. The molecule has 1 aromatic heterocycles.